The zero-order valence-corrected chi connectivity index (χ0v) is 23.1. The molecule has 3 aliphatic rings. The molecule has 0 saturated carbocycles. The quantitative estimate of drug-likeness (QED) is 0.185. The Labute approximate surface area is 245 Å². The maximum atomic E-state index is 12.9. The van der Waals surface area contributed by atoms with E-state index in [-0.39, 0.29) is 35.0 Å². The van der Waals surface area contributed by atoms with E-state index in [4.69, 9.17) is 28.4 Å². The van der Waals surface area contributed by atoms with Gasteiger partial charge in [0.2, 0.25) is 6.29 Å². The number of hydrogen-bond acceptors (Lipinski definition) is 15. The standard InChI is InChI=1S/C28H34O15/c1-10-21(32)23(34)25(36)27(40-10)39-9-19-22(33)24(35)26(37)28(43-19)41-12-6-14(30)20-15(31)8-17(42-18(20)7-12)11-3-4-16(38-2)13(29)5-11/h3-7,10,17,19,21-30,32-37H,8-9H2,1-2H3/t10?,17?,19?,21?,22?,23?,24?,25-,26?,27?,28-/m0/s1. The third-order valence-electron chi connectivity index (χ3n) is 7.70. The normalized spacial score (nSPS) is 36.0. The second-order valence-corrected chi connectivity index (χ2v) is 10.6. The van der Waals surface area contributed by atoms with Crippen LogP contribution in [0.2, 0.25) is 0 Å². The van der Waals surface area contributed by atoms with E-state index in [1.165, 1.54) is 32.2 Å². The van der Waals surface area contributed by atoms with E-state index >= 15 is 0 Å². The number of phenols is 2. The van der Waals surface area contributed by atoms with Crippen molar-refractivity contribution in [2.45, 2.75) is 80.9 Å². The van der Waals surface area contributed by atoms with Gasteiger partial charge in [-0.25, -0.2) is 0 Å². The van der Waals surface area contributed by atoms with Gasteiger partial charge < -0.3 is 69.3 Å². The summed E-state index contributed by atoms with van der Waals surface area (Å²) in [5, 5.41) is 82.2. The Bertz CT molecular complexity index is 1320. The summed E-state index contributed by atoms with van der Waals surface area (Å²) >= 11 is 0. The number of hydrogen-bond donors (Lipinski definition) is 8. The number of aromatic hydroxyl groups is 2. The topological polar surface area (TPSA) is 234 Å². The summed E-state index contributed by atoms with van der Waals surface area (Å²) in [5.74, 6) is -0.999. The number of carbonyl (C=O) groups is 1. The number of rotatable bonds is 7. The van der Waals surface area contributed by atoms with Gasteiger partial charge in [0, 0.05) is 12.1 Å². The van der Waals surface area contributed by atoms with Gasteiger partial charge in [-0.2, -0.15) is 0 Å². The van der Waals surface area contributed by atoms with Gasteiger partial charge in [-0.05, 0) is 24.6 Å². The number of ether oxygens (including phenoxy) is 6. The highest BCUT2D eigenvalue weighted by Crippen LogP contribution is 2.43. The van der Waals surface area contributed by atoms with Gasteiger partial charge in [0.25, 0.3) is 0 Å². The second kappa shape index (κ2) is 12.4. The number of methoxy groups -OCH3 is 1. The van der Waals surface area contributed by atoms with Crippen LogP contribution in [-0.2, 0) is 14.2 Å². The molecule has 5 rings (SSSR count). The van der Waals surface area contributed by atoms with Crippen LogP contribution in [0.1, 0.15) is 35.4 Å². The smallest absolute Gasteiger partial charge is 0.229 e. The van der Waals surface area contributed by atoms with Gasteiger partial charge in [0.15, 0.2) is 23.6 Å². The van der Waals surface area contributed by atoms with Crippen LogP contribution < -0.4 is 14.2 Å². The minimum atomic E-state index is -1.77. The van der Waals surface area contributed by atoms with E-state index < -0.39 is 85.7 Å². The third-order valence-corrected chi connectivity index (χ3v) is 7.70. The van der Waals surface area contributed by atoms with Crippen molar-refractivity contribution in [3.05, 3.63) is 41.5 Å². The maximum absolute atomic E-state index is 12.9. The van der Waals surface area contributed by atoms with Crippen molar-refractivity contribution in [1.29, 1.82) is 0 Å². The fourth-order valence-corrected chi connectivity index (χ4v) is 5.20. The average molecular weight is 611 g/mol. The molecule has 0 aromatic heterocycles. The Morgan fingerprint density at radius 2 is 1.53 bits per heavy atom. The molecule has 15 nitrogen and oxygen atoms in total. The predicted octanol–water partition coefficient (Wildman–Crippen LogP) is -1.16. The predicted molar refractivity (Wildman–Crippen MR) is 141 cm³/mol. The lowest BCUT2D eigenvalue weighted by Crippen LogP contribution is -2.61. The number of Topliss-reactive ketones (excluding diaryl/α,β-unsaturated/α-hetero) is 1. The lowest BCUT2D eigenvalue weighted by molar-refractivity contribution is -0.318. The van der Waals surface area contributed by atoms with Crippen molar-refractivity contribution in [2.24, 2.45) is 0 Å². The molecule has 11 atom stereocenters. The van der Waals surface area contributed by atoms with Crippen LogP contribution in [0.15, 0.2) is 30.3 Å². The zero-order valence-electron chi connectivity index (χ0n) is 23.1. The molecule has 0 spiro atoms. The average Bonchev–Trinajstić information content (AvgIpc) is 2.97. The van der Waals surface area contributed by atoms with Crippen LogP contribution in [0.25, 0.3) is 0 Å². The van der Waals surface area contributed by atoms with Gasteiger partial charge >= 0.3 is 0 Å². The van der Waals surface area contributed by atoms with E-state index in [9.17, 15) is 45.6 Å². The first-order valence-electron chi connectivity index (χ1n) is 13.5. The molecule has 8 N–H and O–H groups in total. The third kappa shape index (κ3) is 6.08. The molecule has 3 heterocycles. The lowest BCUT2D eigenvalue weighted by atomic mass is 9.95. The Hall–Kier alpha value is -3.25. The van der Waals surface area contributed by atoms with Crippen molar-refractivity contribution in [3.8, 4) is 28.7 Å². The number of aliphatic hydroxyl groups is 6. The fraction of sp³-hybridized carbons (Fsp3) is 0.536. The Balaban J connectivity index is 1.30. The van der Waals surface area contributed by atoms with E-state index in [2.05, 4.69) is 0 Å². The molecule has 9 unspecified atom stereocenters. The minimum Gasteiger partial charge on any atom is -0.507 e. The first kappa shape index (κ1) is 31.2. The van der Waals surface area contributed by atoms with E-state index in [0.717, 1.165) is 6.07 Å². The highest BCUT2D eigenvalue weighted by Gasteiger charge is 2.47. The lowest BCUT2D eigenvalue weighted by Gasteiger charge is -2.42. The highest BCUT2D eigenvalue weighted by atomic mass is 16.7. The van der Waals surface area contributed by atoms with Crippen LogP contribution >= 0.6 is 0 Å². The van der Waals surface area contributed by atoms with Crippen LogP contribution in [0.3, 0.4) is 0 Å². The van der Waals surface area contributed by atoms with Gasteiger partial charge in [0.05, 0.1) is 26.2 Å². The minimum absolute atomic E-state index is 0.0457. The first-order valence-corrected chi connectivity index (χ1v) is 13.5. The molecule has 0 amide bonds. The van der Waals surface area contributed by atoms with Crippen LogP contribution in [0.5, 0.6) is 28.7 Å². The Morgan fingerprint density at radius 1 is 0.837 bits per heavy atom. The molecule has 15 heteroatoms. The van der Waals surface area contributed by atoms with E-state index in [0.29, 0.717) is 5.56 Å². The van der Waals surface area contributed by atoms with Crippen LogP contribution in [-0.4, -0.2) is 122 Å². The SMILES string of the molecule is COc1ccc(C2CC(=O)c3c(O)cc(O[C@H]4OC(COC5OC(C)C(O)C(O)[C@@H]5O)C(O)C(O)C4O)cc3O2)cc1O. The highest BCUT2D eigenvalue weighted by molar-refractivity contribution is 6.02. The number of phenolic OH excluding ortho intramolecular Hbond substituents is 2. The van der Waals surface area contributed by atoms with Crippen molar-refractivity contribution in [1.82, 2.24) is 0 Å². The molecule has 0 bridgehead atoms. The Kier molecular flexibility index (Phi) is 8.99. The van der Waals surface area contributed by atoms with Crippen LogP contribution in [0, 0.1) is 0 Å². The molecule has 2 fully saturated rings. The molecule has 0 radical (unpaired) electrons. The molecular weight excluding hydrogens is 576 g/mol. The second-order valence-electron chi connectivity index (χ2n) is 10.6. The number of ketones is 1. The van der Waals surface area contributed by atoms with E-state index in [1.807, 2.05) is 0 Å². The summed E-state index contributed by atoms with van der Waals surface area (Å²) in [6.45, 7) is 0.964. The van der Waals surface area contributed by atoms with Crippen molar-refractivity contribution < 1.29 is 74.1 Å². The molecule has 236 valence electrons. The van der Waals surface area contributed by atoms with Crippen molar-refractivity contribution in [3.63, 3.8) is 0 Å². The molecule has 0 aliphatic carbocycles. The molecule has 43 heavy (non-hydrogen) atoms. The summed E-state index contributed by atoms with van der Waals surface area (Å²) in [7, 11) is 1.39. The summed E-state index contributed by atoms with van der Waals surface area (Å²) in [4.78, 5) is 12.9. The van der Waals surface area contributed by atoms with Crippen LogP contribution in [0.4, 0.5) is 0 Å². The van der Waals surface area contributed by atoms with E-state index in [1.54, 1.807) is 6.07 Å². The monoisotopic (exact) mass is 610 g/mol. The van der Waals surface area contributed by atoms with Gasteiger partial charge in [-0.3, -0.25) is 4.79 Å². The van der Waals surface area contributed by atoms with Gasteiger partial charge in [0.1, 0.15) is 71.6 Å². The summed E-state index contributed by atoms with van der Waals surface area (Å²) in [6, 6.07) is 6.90. The molecule has 2 aromatic rings. The molecule has 2 saturated heterocycles. The Morgan fingerprint density at radius 3 is 2.23 bits per heavy atom. The maximum Gasteiger partial charge on any atom is 0.229 e. The molecular formula is C28H34O15. The number of benzene rings is 2. The first-order chi connectivity index (χ1) is 20.4. The largest absolute Gasteiger partial charge is 0.507 e. The van der Waals surface area contributed by atoms with Gasteiger partial charge in [-0.15, -0.1) is 0 Å². The summed E-state index contributed by atoms with van der Waals surface area (Å²) < 4.78 is 33.1. The summed E-state index contributed by atoms with van der Waals surface area (Å²) in [5.41, 5.74) is 0.373. The molecule has 2 aromatic carbocycles. The van der Waals surface area contributed by atoms with Crippen molar-refractivity contribution in [2.75, 3.05) is 13.7 Å². The number of carbonyl (C=O) groups excluding carboxylic acids is 1. The fourth-order valence-electron chi connectivity index (χ4n) is 5.20. The number of fused-ring (bicyclic) bond motifs is 1. The number of aliphatic hydroxyl groups excluding tert-OH is 6. The van der Waals surface area contributed by atoms with Gasteiger partial charge in [-0.1, -0.05) is 6.07 Å². The molecule has 3 aliphatic heterocycles. The zero-order chi connectivity index (χ0) is 31.2. The summed E-state index contributed by atoms with van der Waals surface area (Å²) in [6.07, 6.45) is -15.9. The van der Waals surface area contributed by atoms with Crippen molar-refractivity contribution >= 4 is 5.78 Å².